The lowest BCUT2D eigenvalue weighted by molar-refractivity contribution is -0.119. The van der Waals surface area contributed by atoms with Crippen molar-refractivity contribution >= 4 is 22.5 Å². The summed E-state index contributed by atoms with van der Waals surface area (Å²) in [4.78, 5) is 30.3. The number of amides is 1. The van der Waals surface area contributed by atoms with Gasteiger partial charge >= 0.3 is 0 Å². The Morgan fingerprint density at radius 1 is 1.23 bits per heavy atom. The van der Waals surface area contributed by atoms with Gasteiger partial charge in [0.05, 0.1) is 29.2 Å². The number of hydrogen-bond donors (Lipinski definition) is 1. The number of aromatic nitrogens is 3. The van der Waals surface area contributed by atoms with Crippen LogP contribution < -0.4 is 10.9 Å². The van der Waals surface area contributed by atoms with Crippen LogP contribution in [-0.4, -0.2) is 33.2 Å². The molecule has 7 heteroatoms. The van der Waals surface area contributed by atoms with E-state index in [0.717, 1.165) is 19.3 Å². The van der Waals surface area contributed by atoms with E-state index in [4.69, 9.17) is 4.74 Å². The first kappa shape index (κ1) is 21.3. The largest absolute Gasteiger partial charge is 0.381 e. The quantitative estimate of drug-likeness (QED) is 0.629. The van der Waals surface area contributed by atoms with Crippen LogP contribution >= 0.6 is 0 Å². The normalized spacial score (nSPS) is 16.0. The Labute approximate surface area is 182 Å². The number of nitrogens with one attached hydrogen (secondary N) is 1. The molecule has 1 N–H and O–H groups in total. The van der Waals surface area contributed by atoms with Crippen LogP contribution in [0.3, 0.4) is 0 Å². The highest BCUT2D eigenvalue weighted by Crippen LogP contribution is 2.33. The van der Waals surface area contributed by atoms with Crippen LogP contribution in [0.1, 0.15) is 39.5 Å². The third-order valence-corrected chi connectivity index (χ3v) is 6.12. The fourth-order valence-corrected chi connectivity index (χ4v) is 4.23. The summed E-state index contributed by atoms with van der Waals surface area (Å²) < 4.78 is 9.32. The fraction of sp³-hybridized carbons (Fsp3) is 0.458. The number of anilines is 1. The predicted octanol–water partition coefficient (Wildman–Crippen LogP) is 3.78. The standard InChI is InChI=1S/C24H30N4O3/c1-18(2)7-12-27-17-25-21-6-5-19(15-20(21)23(27)30)26-22(29)16-24(8-13-31-14-9-24)28-10-3-4-11-28/h3-6,10-11,15,17-18H,7-9,12-14,16H2,1-2H3,(H,26,29). The molecule has 1 fully saturated rings. The zero-order valence-corrected chi connectivity index (χ0v) is 18.2. The second-order valence-corrected chi connectivity index (χ2v) is 8.81. The highest BCUT2D eigenvalue weighted by Gasteiger charge is 2.36. The minimum atomic E-state index is -0.284. The van der Waals surface area contributed by atoms with Crippen LogP contribution in [0, 0.1) is 5.92 Å². The average Bonchev–Trinajstić information content (AvgIpc) is 3.30. The van der Waals surface area contributed by atoms with E-state index in [2.05, 4.69) is 28.7 Å². The highest BCUT2D eigenvalue weighted by molar-refractivity contribution is 5.93. The van der Waals surface area contributed by atoms with Crippen LogP contribution in [0.4, 0.5) is 5.69 Å². The van der Waals surface area contributed by atoms with Gasteiger partial charge in [0, 0.05) is 37.8 Å². The van der Waals surface area contributed by atoms with E-state index in [9.17, 15) is 9.59 Å². The van der Waals surface area contributed by atoms with Crippen molar-refractivity contribution in [3.8, 4) is 0 Å². The maximum Gasteiger partial charge on any atom is 0.261 e. The van der Waals surface area contributed by atoms with Gasteiger partial charge < -0.3 is 14.6 Å². The van der Waals surface area contributed by atoms with Gasteiger partial charge in [0.15, 0.2) is 0 Å². The topological polar surface area (TPSA) is 78.2 Å². The first-order valence-electron chi connectivity index (χ1n) is 11.0. The lowest BCUT2D eigenvalue weighted by Crippen LogP contribution is -2.42. The summed E-state index contributed by atoms with van der Waals surface area (Å²) in [5, 5.41) is 3.52. The number of benzene rings is 1. The van der Waals surface area contributed by atoms with E-state index in [1.165, 1.54) is 0 Å². The molecular formula is C24H30N4O3. The van der Waals surface area contributed by atoms with Crippen LogP contribution in [-0.2, 0) is 21.6 Å². The molecule has 2 aromatic heterocycles. The van der Waals surface area contributed by atoms with E-state index in [0.29, 0.717) is 48.7 Å². The maximum atomic E-state index is 13.0. The van der Waals surface area contributed by atoms with Crippen LogP contribution in [0.2, 0.25) is 0 Å². The minimum absolute atomic E-state index is 0.0704. The van der Waals surface area contributed by atoms with Gasteiger partial charge in [-0.15, -0.1) is 0 Å². The van der Waals surface area contributed by atoms with Crippen molar-refractivity contribution in [3.05, 3.63) is 59.4 Å². The van der Waals surface area contributed by atoms with Gasteiger partial charge in [-0.25, -0.2) is 4.98 Å². The molecule has 0 bridgehead atoms. The number of aryl methyl sites for hydroxylation is 1. The van der Waals surface area contributed by atoms with Crippen LogP contribution in [0.15, 0.2) is 53.8 Å². The molecule has 1 saturated heterocycles. The first-order valence-corrected chi connectivity index (χ1v) is 11.0. The molecule has 1 aromatic carbocycles. The van der Waals surface area contributed by atoms with Crippen molar-refractivity contribution in [2.45, 2.75) is 51.6 Å². The Kier molecular flexibility index (Phi) is 6.23. The summed E-state index contributed by atoms with van der Waals surface area (Å²) in [5.74, 6) is 0.435. The molecule has 0 saturated carbocycles. The molecule has 0 spiro atoms. The monoisotopic (exact) mass is 422 g/mol. The molecule has 0 radical (unpaired) electrons. The van der Waals surface area contributed by atoms with Crippen molar-refractivity contribution in [3.63, 3.8) is 0 Å². The number of hydrogen-bond acceptors (Lipinski definition) is 4. The number of carbonyl (C=O) groups is 1. The van der Waals surface area contributed by atoms with Gasteiger partial charge in [-0.05, 0) is 55.5 Å². The van der Waals surface area contributed by atoms with E-state index in [1.807, 2.05) is 24.5 Å². The zero-order valence-electron chi connectivity index (χ0n) is 18.2. The molecule has 0 aliphatic carbocycles. The van der Waals surface area contributed by atoms with Crippen molar-refractivity contribution < 1.29 is 9.53 Å². The maximum absolute atomic E-state index is 13.0. The first-order chi connectivity index (χ1) is 15.0. The number of ether oxygens (including phenoxy) is 1. The van der Waals surface area contributed by atoms with E-state index >= 15 is 0 Å². The number of rotatable bonds is 7. The van der Waals surface area contributed by atoms with Crippen molar-refractivity contribution in [2.24, 2.45) is 5.92 Å². The molecule has 3 heterocycles. The smallest absolute Gasteiger partial charge is 0.261 e. The van der Waals surface area contributed by atoms with Crippen LogP contribution in [0.5, 0.6) is 0 Å². The van der Waals surface area contributed by atoms with Gasteiger partial charge in [0.1, 0.15) is 0 Å². The Balaban J connectivity index is 1.54. The summed E-state index contributed by atoms with van der Waals surface area (Å²) in [7, 11) is 0. The summed E-state index contributed by atoms with van der Waals surface area (Å²) >= 11 is 0. The summed E-state index contributed by atoms with van der Waals surface area (Å²) in [6.45, 7) is 6.18. The molecule has 0 atom stereocenters. The van der Waals surface area contributed by atoms with Crippen molar-refractivity contribution in [1.29, 1.82) is 0 Å². The molecule has 1 aliphatic heterocycles. The summed E-state index contributed by atoms with van der Waals surface area (Å²) in [6.07, 6.45) is 8.48. The third-order valence-electron chi connectivity index (χ3n) is 6.12. The number of fused-ring (bicyclic) bond motifs is 1. The Morgan fingerprint density at radius 3 is 2.68 bits per heavy atom. The molecular weight excluding hydrogens is 392 g/mol. The van der Waals surface area contributed by atoms with Gasteiger partial charge in [-0.1, -0.05) is 13.8 Å². The van der Waals surface area contributed by atoms with Crippen molar-refractivity contribution in [1.82, 2.24) is 14.1 Å². The lowest BCUT2D eigenvalue weighted by atomic mass is 9.86. The number of nitrogens with zero attached hydrogens (tertiary/aromatic N) is 3. The Bertz CT molecular complexity index is 1100. The lowest BCUT2D eigenvalue weighted by Gasteiger charge is -2.38. The molecule has 3 aromatic rings. The van der Waals surface area contributed by atoms with Gasteiger partial charge in [-0.3, -0.25) is 14.2 Å². The highest BCUT2D eigenvalue weighted by atomic mass is 16.5. The molecule has 1 amide bonds. The third kappa shape index (κ3) is 4.71. The summed E-state index contributed by atoms with van der Waals surface area (Å²) in [6, 6.07) is 9.29. The molecule has 7 nitrogen and oxygen atoms in total. The predicted molar refractivity (Wildman–Crippen MR) is 121 cm³/mol. The Morgan fingerprint density at radius 2 is 1.97 bits per heavy atom. The molecule has 4 rings (SSSR count). The average molecular weight is 423 g/mol. The second kappa shape index (κ2) is 9.06. The molecule has 31 heavy (non-hydrogen) atoms. The van der Waals surface area contributed by atoms with Crippen molar-refractivity contribution in [2.75, 3.05) is 18.5 Å². The zero-order chi connectivity index (χ0) is 21.8. The van der Waals surface area contributed by atoms with Crippen LogP contribution in [0.25, 0.3) is 10.9 Å². The Hall–Kier alpha value is -2.93. The minimum Gasteiger partial charge on any atom is -0.381 e. The van der Waals surface area contributed by atoms with E-state index in [-0.39, 0.29) is 17.0 Å². The summed E-state index contributed by atoms with van der Waals surface area (Å²) in [5.41, 5.74) is 0.896. The molecule has 1 aliphatic rings. The SMILES string of the molecule is CC(C)CCn1cnc2ccc(NC(=O)CC3(n4cccc4)CCOCC3)cc2c1=O. The second-order valence-electron chi connectivity index (χ2n) is 8.81. The molecule has 164 valence electrons. The van der Waals surface area contributed by atoms with Gasteiger partial charge in [-0.2, -0.15) is 0 Å². The van der Waals surface area contributed by atoms with E-state index in [1.54, 1.807) is 29.1 Å². The fourth-order valence-electron chi connectivity index (χ4n) is 4.23. The van der Waals surface area contributed by atoms with Gasteiger partial charge in [0.2, 0.25) is 5.91 Å². The molecule has 0 unspecified atom stereocenters. The van der Waals surface area contributed by atoms with Gasteiger partial charge in [0.25, 0.3) is 5.56 Å². The number of carbonyl (C=O) groups excluding carboxylic acids is 1. The van der Waals surface area contributed by atoms with E-state index < -0.39 is 0 Å².